The van der Waals surface area contributed by atoms with E-state index in [1.54, 1.807) is 0 Å². The largest absolute Gasteiger partial charge is 0.466 e. The SMILES string of the molecule is CCCCC/C=C\C/C=C\CCCCCCCCCCCC(=O)OCCCCCCCCCCCCCCCCCCCCC(=O)NC(CO)C(O)CCCCCCCCCCCCCCCCCCCCCCCCCCC. The number of ether oxygens (including phenoxy) is 1. The minimum atomic E-state index is -0.669. The highest BCUT2D eigenvalue weighted by Gasteiger charge is 2.20. The molecule has 1 amide bonds. The normalized spacial score (nSPS) is 12.6. The molecule has 0 aromatic heterocycles. The van der Waals surface area contributed by atoms with Crippen molar-refractivity contribution in [3.05, 3.63) is 24.3 Å². The number of hydrogen-bond acceptors (Lipinski definition) is 5. The second kappa shape index (κ2) is 68.8. The second-order valence-electron chi connectivity index (χ2n) is 24.9. The molecule has 3 N–H and O–H groups in total. The first-order valence-corrected chi connectivity index (χ1v) is 36.1. The Morgan fingerprint density at radius 1 is 0.354 bits per heavy atom. The van der Waals surface area contributed by atoms with Crippen LogP contribution in [0.3, 0.4) is 0 Å². The van der Waals surface area contributed by atoms with Gasteiger partial charge in [-0.15, -0.1) is 0 Å². The van der Waals surface area contributed by atoms with E-state index in [4.69, 9.17) is 4.74 Å². The van der Waals surface area contributed by atoms with Gasteiger partial charge in [0.2, 0.25) is 5.91 Å². The molecule has 0 aromatic rings. The fraction of sp³-hybridized carbons (Fsp3) is 0.918. The maximum absolute atomic E-state index is 12.6. The van der Waals surface area contributed by atoms with Crippen LogP contribution in [-0.2, 0) is 14.3 Å². The molecule has 0 heterocycles. The van der Waals surface area contributed by atoms with Gasteiger partial charge in [-0.1, -0.05) is 359 Å². The molecule has 6 heteroatoms. The standard InChI is InChI=1S/C73H141NO5/c1-3-5-7-9-11-13-15-17-19-21-23-24-25-26-27-28-30-33-37-41-45-49-53-57-61-65-71(76)70(69-75)74-72(77)66-62-58-54-50-46-42-38-34-31-32-36-40-44-48-52-56-60-64-68-79-73(78)67-63-59-55-51-47-43-39-35-29-22-20-18-16-14-12-10-8-6-4-2/h12,14,18,20,70-71,75-76H,3-11,13,15-17,19,21-69H2,1-2H3,(H,74,77)/b14-12-,20-18-. The predicted molar refractivity (Wildman–Crippen MR) is 347 cm³/mol. The van der Waals surface area contributed by atoms with Crippen molar-refractivity contribution in [2.45, 2.75) is 418 Å². The smallest absolute Gasteiger partial charge is 0.305 e. The van der Waals surface area contributed by atoms with Crippen molar-refractivity contribution in [2.24, 2.45) is 0 Å². The van der Waals surface area contributed by atoms with Crippen molar-refractivity contribution >= 4 is 11.9 Å². The summed E-state index contributed by atoms with van der Waals surface area (Å²) in [5.41, 5.74) is 0. The Kier molecular flexibility index (Phi) is 67.4. The number of amides is 1. The summed E-state index contributed by atoms with van der Waals surface area (Å²) in [4.78, 5) is 24.7. The predicted octanol–water partition coefficient (Wildman–Crippen LogP) is 23.3. The molecule has 0 aliphatic heterocycles. The van der Waals surface area contributed by atoms with E-state index in [-0.39, 0.29) is 18.5 Å². The van der Waals surface area contributed by atoms with Gasteiger partial charge in [0.1, 0.15) is 0 Å². The topological polar surface area (TPSA) is 95.9 Å². The number of unbranched alkanes of at least 4 members (excludes halogenated alkanes) is 53. The molecule has 468 valence electrons. The third-order valence-corrected chi connectivity index (χ3v) is 17.0. The van der Waals surface area contributed by atoms with Gasteiger partial charge in [0.15, 0.2) is 0 Å². The van der Waals surface area contributed by atoms with Crippen LogP contribution in [0.15, 0.2) is 24.3 Å². The van der Waals surface area contributed by atoms with E-state index in [2.05, 4.69) is 43.5 Å². The third kappa shape index (κ3) is 65.4. The number of rotatable bonds is 68. The molecule has 79 heavy (non-hydrogen) atoms. The fourth-order valence-electron chi connectivity index (χ4n) is 11.5. The first kappa shape index (κ1) is 77.3. The van der Waals surface area contributed by atoms with Gasteiger partial charge >= 0.3 is 5.97 Å². The van der Waals surface area contributed by atoms with Crippen LogP contribution in [0.5, 0.6) is 0 Å². The van der Waals surface area contributed by atoms with Crippen LogP contribution in [0.25, 0.3) is 0 Å². The van der Waals surface area contributed by atoms with E-state index < -0.39 is 12.1 Å². The molecule has 0 rings (SSSR count). The van der Waals surface area contributed by atoms with Gasteiger partial charge in [0.05, 0.1) is 25.4 Å². The van der Waals surface area contributed by atoms with Gasteiger partial charge in [-0.05, 0) is 57.8 Å². The van der Waals surface area contributed by atoms with Gasteiger partial charge in [-0.3, -0.25) is 9.59 Å². The Morgan fingerprint density at radius 3 is 0.987 bits per heavy atom. The van der Waals surface area contributed by atoms with E-state index in [1.165, 1.54) is 321 Å². The van der Waals surface area contributed by atoms with E-state index in [1.807, 2.05) is 0 Å². The lowest BCUT2D eigenvalue weighted by Gasteiger charge is -2.22. The molecule has 0 saturated carbocycles. The molecule has 0 fully saturated rings. The molecular weight excluding hydrogens is 971 g/mol. The number of carbonyl (C=O) groups is 2. The second-order valence-corrected chi connectivity index (χ2v) is 24.9. The Balaban J connectivity index is 3.39. The highest BCUT2D eigenvalue weighted by Crippen LogP contribution is 2.19. The Morgan fingerprint density at radius 2 is 0.633 bits per heavy atom. The van der Waals surface area contributed by atoms with Gasteiger partial charge in [-0.25, -0.2) is 0 Å². The van der Waals surface area contributed by atoms with E-state index in [9.17, 15) is 19.8 Å². The number of carbonyl (C=O) groups excluding carboxylic acids is 2. The minimum absolute atomic E-state index is 0.00495. The fourth-order valence-corrected chi connectivity index (χ4v) is 11.5. The van der Waals surface area contributed by atoms with Crippen molar-refractivity contribution in [3.8, 4) is 0 Å². The summed E-state index contributed by atoms with van der Waals surface area (Å²) in [5, 5.41) is 23.5. The van der Waals surface area contributed by atoms with Crippen LogP contribution in [0.4, 0.5) is 0 Å². The van der Waals surface area contributed by atoms with Crippen molar-refractivity contribution in [1.29, 1.82) is 0 Å². The van der Waals surface area contributed by atoms with Crippen LogP contribution >= 0.6 is 0 Å². The number of nitrogens with one attached hydrogen (secondary N) is 1. The summed E-state index contributed by atoms with van der Waals surface area (Å²) < 4.78 is 5.50. The summed E-state index contributed by atoms with van der Waals surface area (Å²) in [7, 11) is 0. The Bertz CT molecular complexity index is 1230. The molecule has 2 unspecified atom stereocenters. The zero-order valence-electron chi connectivity index (χ0n) is 53.6. The summed E-state index contributed by atoms with van der Waals surface area (Å²) in [6.07, 6.45) is 86.5. The molecule has 0 spiro atoms. The average Bonchev–Trinajstić information content (AvgIpc) is 3.45. The van der Waals surface area contributed by atoms with E-state index in [0.717, 1.165) is 51.4 Å². The Labute approximate surface area is 494 Å². The summed E-state index contributed by atoms with van der Waals surface area (Å²) >= 11 is 0. The minimum Gasteiger partial charge on any atom is -0.466 e. The van der Waals surface area contributed by atoms with E-state index >= 15 is 0 Å². The number of hydrogen-bond donors (Lipinski definition) is 3. The lowest BCUT2D eigenvalue weighted by Crippen LogP contribution is -2.45. The molecule has 0 aliphatic carbocycles. The average molecular weight is 1110 g/mol. The van der Waals surface area contributed by atoms with Gasteiger partial charge in [0.25, 0.3) is 0 Å². The third-order valence-electron chi connectivity index (χ3n) is 17.0. The zero-order chi connectivity index (χ0) is 57.1. The lowest BCUT2D eigenvalue weighted by atomic mass is 10.0. The van der Waals surface area contributed by atoms with Crippen molar-refractivity contribution in [2.75, 3.05) is 13.2 Å². The number of aliphatic hydroxyl groups excluding tert-OH is 2. The summed E-state index contributed by atoms with van der Waals surface area (Å²) in [6.45, 7) is 4.96. The summed E-state index contributed by atoms with van der Waals surface area (Å²) in [6, 6.07) is -0.546. The van der Waals surface area contributed by atoms with Gasteiger partial charge < -0.3 is 20.3 Å². The molecular formula is C73H141NO5. The van der Waals surface area contributed by atoms with Crippen molar-refractivity contribution < 1.29 is 24.5 Å². The number of allylic oxidation sites excluding steroid dienone is 4. The molecule has 0 radical (unpaired) electrons. The first-order valence-electron chi connectivity index (χ1n) is 36.1. The number of esters is 1. The van der Waals surface area contributed by atoms with Gasteiger partial charge in [-0.2, -0.15) is 0 Å². The lowest BCUT2D eigenvalue weighted by molar-refractivity contribution is -0.143. The molecule has 6 nitrogen and oxygen atoms in total. The van der Waals surface area contributed by atoms with Gasteiger partial charge in [0, 0.05) is 12.8 Å². The zero-order valence-corrected chi connectivity index (χ0v) is 53.6. The maximum Gasteiger partial charge on any atom is 0.305 e. The van der Waals surface area contributed by atoms with Crippen LogP contribution in [0.2, 0.25) is 0 Å². The van der Waals surface area contributed by atoms with Crippen LogP contribution in [0, 0.1) is 0 Å². The maximum atomic E-state index is 12.6. The number of aliphatic hydroxyl groups is 2. The van der Waals surface area contributed by atoms with Crippen LogP contribution < -0.4 is 5.32 Å². The first-order chi connectivity index (χ1) is 39.0. The highest BCUT2D eigenvalue weighted by molar-refractivity contribution is 5.76. The molecule has 0 bridgehead atoms. The summed E-state index contributed by atoms with van der Waals surface area (Å²) in [5.74, 6) is -0.0290. The van der Waals surface area contributed by atoms with Crippen molar-refractivity contribution in [3.63, 3.8) is 0 Å². The molecule has 0 aromatic carbocycles. The monoisotopic (exact) mass is 1110 g/mol. The quantitative estimate of drug-likeness (QED) is 0.0320. The molecule has 0 saturated heterocycles. The van der Waals surface area contributed by atoms with Crippen molar-refractivity contribution in [1.82, 2.24) is 5.32 Å². The highest BCUT2D eigenvalue weighted by atomic mass is 16.5. The van der Waals surface area contributed by atoms with E-state index in [0.29, 0.717) is 25.9 Å². The molecule has 0 aliphatic rings. The van der Waals surface area contributed by atoms with Crippen LogP contribution in [0.1, 0.15) is 406 Å². The van der Waals surface area contributed by atoms with Crippen LogP contribution in [-0.4, -0.2) is 47.4 Å². The Hall–Kier alpha value is -1.66. The molecule has 2 atom stereocenters.